The van der Waals surface area contributed by atoms with Gasteiger partial charge in [0.25, 0.3) is 5.91 Å². The number of nitrogens with zero attached hydrogens (tertiary/aromatic N) is 4. The number of hydrogen-bond acceptors (Lipinski definition) is 9. The first-order chi connectivity index (χ1) is 14.5. The van der Waals surface area contributed by atoms with E-state index in [9.17, 15) is 9.18 Å². The molecule has 12 heteroatoms. The van der Waals surface area contributed by atoms with Gasteiger partial charge in [-0.05, 0) is 68.7 Å². The Kier molecular flexibility index (Phi) is 6.91. The molecular weight excluding hydrogens is 463 g/mol. The van der Waals surface area contributed by atoms with Crippen molar-refractivity contribution in [3.05, 3.63) is 64.0 Å². The number of amides is 1. The van der Waals surface area contributed by atoms with Crippen molar-refractivity contribution in [3.63, 3.8) is 0 Å². The van der Waals surface area contributed by atoms with Gasteiger partial charge in [-0.25, -0.2) is 9.02 Å². The molecule has 1 aromatic heterocycles. The topological polar surface area (TPSA) is 135 Å². The predicted octanol–water partition coefficient (Wildman–Crippen LogP) is 3.24. The van der Waals surface area contributed by atoms with Crippen molar-refractivity contribution in [2.45, 2.75) is 0 Å². The molecule has 0 unspecified atom stereocenters. The van der Waals surface area contributed by atoms with Crippen LogP contribution in [0, 0.1) is 17.1 Å². The molecule has 3 aromatic rings. The van der Waals surface area contributed by atoms with Gasteiger partial charge >= 0.3 is 0 Å². The lowest BCUT2D eigenvalue weighted by Crippen LogP contribution is -2.21. The first-order valence-electron chi connectivity index (χ1n) is 8.21. The summed E-state index contributed by atoms with van der Waals surface area (Å²) in [5, 5.41) is 22.0. The summed E-state index contributed by atoms with van der Waals surface area (Å²) in [4.78, 5) is 16.9. The van der Waals surface area contributed by atoms with Crippen LogP contribution in [0.25, 0.3) is 0 Å². The number of oxime groups is 1. The fourth-order valence-electron chi connectivity index (χ4n) is 2.02. The number of anilines is 2. The second kappa shape index (κ2) is 9.99. The molecule has 0 fully saturated rings. The van der Waals surface area contributed by atoms with Gasteiger partial charge in [0.05, 0.1) is 21.8 Å². The average Bonchev–Trinajstić information content (AvgIpc) is 3.19. The van der Waals surface area contributed by atoms with Crippen LogP contribution >= 0.6 is 15.9 Å². The van der Waals surface area contributed by atoms with Crippen LogP contribution in [-0.4, -0.2) is 29.0 Å². The van der Waals surface area contributed by atoms with Crippen molar-refractivity contribution in [2.24, 2.45) is 5.16 Å². The molecule has 152 valence electrons. The molecule has 0 spiro atoms. The van der Waals surface area contributed by atoms with E-state index < -0.39 is 11.7 Å². The van der Waals surface area contributed by atoms with Crippen molar-refractivity contribution < 1.29 is 23.5 Å². The monoisotopic (exact) mass is 474 g/mol. The number of benzene rings is 2. The van der Waals surface area contributed by atoms with Gasteiger partial charge in [0.15, 0.2) is 12.3 Å². The van der Waals surface area contributed by atoms with Gasteiger partial charge < -0.3 is 10.1 Å². The minimum absolute atomic E-state index is 0.0142. The van der Waals surface area contributed by atoms with Crippen molar-refractivity contribution in [1.82, 2.24) is 10.3 Å². The number of carbonyl (C=O) groups is 1. The standard InChI is InChI=1S/C18H12BrFN6O4/c19-14-7-12(3-6-15(14)20)24-29-22-9-16-18(26-30-25-16)23-17(27)10-28-13-4-1-11(8-21)2-5-13/h1-7,9,24H,10H2,(H,23,26,27)/b22-9+. The Morgan fingerprint density at radius 1 is 1.30 bits per heavy atom. The number of aromatic nitrogens is 2. The van der Waals surface area contributed by atoms with Crippen LogP contribution in [0.4, 0.5) is 15.9 Å². The largest absolute Gasteiger partial charge is 0.484 e. The Hall–Kier alpha value is -3.98. The van der Waals surface area contributed by atoms with Crippen LogP contribution in [0.5, 0.6) is 5.75 Å². The number of rotatable bonds is 8. The Labute approximate surface area is 177 Å². The summed E-state index contributed by atoms with van der Waals surface area (Å²) in [6.07, 6.45) is 1.15. The van der Waals surface area contributed by atoms with E-state index >= 15 is 0 Å². The molecule has 0 atom stereocenters. The Balaban J connectivity index is 1.49. The van der Waals surface area contributed by atoms with E-state index in [0.29, 0.717) is 17.0 Å². The van der Waals surface area contributed by atoms with Gasteiger partial charge in [-0.15, -0.1) is 0 Å². The molecule has 10 nitrogen and oxygen atoms in total. The van der Waals surface area contributed by atoms with Crippen LogP contribution < -0.4 is 15.5 Å². The number of nitriles is 1. The SMILES string of the molecule is N#Cc1ccc(OCC(=O)Nc2nonc2/C=N/ONc2ccc(F)c(Br)c2)cc1. The normalized spacial score (nSPS) is 10.4. The smallest absolute Gasteiger partial charge is 0.263 e. The Morgan fingerprint density at radius 3 is 2.83 bits per heavy atom. The van der Waals surface area contributed by atoms with E-state index in [1.807, 2.05) is 6.07 Å². The zero-order chi connectivity index (χ0) is 21.3. The molecule has 3 rings (SSSR count). The molecule has 1 amide bonds. The maximum atomic E-state index is 13.2. The number of halogens is 2. The molecule has 0 saturated carbocycles. The number of hydrogen-bond donors (Lipinski definition) is 2. The van der Waals surface area contributed by atoms with Crippen LogP contribution in [0.15, 0.2) is 56.7 Å². The summed E-state index contributed by atoms with van der Waals surface area (Å²) in [7, 11) is 0. The Morgan fingerprint density at radius 2 is 2.10 bits per heavy atom. The highest BCUT2D eigenvalue weighted by atomic mass is 79.9. The third kappa shape index (κ3) is 5.76. The van der Waals surface area contributed by atoms with Gasteiger partial charge in [0.2, 0.25) is 5.82 Å². The van der Waals surface area contributed by atoms with Gasteiger partial charge in [-0.1, -0.05) is 5.16 Å². The molecule has 0 aliphatic rings. The zero-order valence-electron chi connectivity index (χ0n) is 15.0. The minimum Gasteiger partial charge on any atom is -0.484 e. The van der Waals surface area contributed by atoms with E-state index in [-0.39, 0.29) is 22.6 Å². The maximum absolute atomic E-state index is 13.2. The van der Waals surface area contributed by atoms with Crippen LogP contribution in [0.1, 0.15) is 11.3 Å². The summed E-state index contributed by atoms with van der Waals surface area (Å²) < 4.78 is 23.3. The highest BCUT2D eigenvalue weighted by Crippen LogP contribution is 2.20. The molecule has 2 aromatic carbocycles. The molecule has 2 N–H and O–H groups in total. The van der Waals surface area contributed by atoms with Gasteiger partial charge in [0, 0.05) is 0 Å². The predicted molar refractivity (Wildman–Crippen MR) is 106 cm³/mol. The maximum Gasteiger partial charge on any atom is 0.263 e. The number of nitrogens with one attached hydrogen (secondary N) is 2. The zero-order valence-corrected chi connectivity index (χ0v) is 16.6. The first kappa shape index (κ1) is 20.7. The van der Waals surface area contributed by atoms with Gasteiger partial charge in [0.1, 0.15) is 17.8 Å². The van der Waals surface area contributed by atoms with Crippen molar-refractivity contribution >= 4 is 39.6 Å². The molecule has 1 heterocycles. The highest BCUT2D eigenvalue weighted by molar-refractivity contribution is 9.10. The van der Waals surface area contributed by atoms with Crippen LogP contribution in [-0.2, 0) is 9.73 Å². The van der Waals surface area contributed by atoms with Crippen molar-refractivity contribution in [2.75, 3.05) is 17.4 Å². The molecule has 30 heavy (non-hydrogen) atoms. The summed E-state index contributed by atoms with van der Waals surface area (Å²) in [6.45, 7) is -0.299. The third-order valence-corrected chi connectivity index (χ3v) is 4.04. The molecular formula is C18H12BrFN6O4. The summed E-state index contributed by atoms with van der Waals surface area (Å²) in [5.41, 5.74) is 3.51. The lowest BCUT2D eigenvalue weighted by molar-refractivity contribution is -0.118. The first-order valence-corrected chi connectivity index (χ1v) is 9.00. The Bertz CT molecular complexity index is 1100. The van der Waals surface area contributed by atoms with Crippen LogP contribution in [0.2, 0.25) is 0 Å². The summed E-state index contributed by atoms with van der Waals surface area (Å²) in [6, 6.07) is 12.4. The lowest BCUT2D eigenvalue weighted by atomic mass is 10.2. The quantitative estimate of drug-likeness (QED) is 0.375. The fraction of sp³-hybridized carbons (Fsp3) is 0.0556. The second-order valence-corrected chi connectivity index (χ2v) is 6.38. The van der Waals surface area contributed by atoms with E-state index in [1.165, 1.54) is 18.2 Å². The van der Waals surface area contributed by atoms with E-state index in [1.54, 1.807) is 24.3 Å². The number of carbonyl (C=O) groups excluding carboxylic acids is 1. The third-order valence-electron chi connectivity index (χ3n) is 3.44. The molecule has 0 saturated heterocycles. The molecule has 0 aliphatic carbocycles. The summed E-state index contributed by atoms with van der Waals surface area (Å²) >= 11 is 3.05. The van der Waals surface area contributed by atoms with Crippen molar-refractivity contribution in [3.8, 4) is 11.8 Å². The highest BCUT2D eigenvalue weighted by Gasteiger charge is 2.12. The van der Waals surface area contributed by atoms with E-state index in [2.05, 4.69) is 46.8 Å². The van der Waals surface area contributed by atoms with Crippen LogP contribution in [0.3, 0.4) is 0 Å². The van der Waals surface area contributed by atoms with Gasteiger partial charge in [-0.3, -0.25) is 9.73 Å². The van der Waals surface area contributed by atoms with E-state index in [0.717, 1.165) is 6.21 Å². The number of ether oxygens (including phenoxy) is 1. The van der Waals surface area contributed by atoms with E-state index in [4.69, 9.17) is 14.9 Å². The second-order valence-electron chi connectivity index (χ2n) is 5.53. The summed E-state index contributed by atoms with van der Waals surface area (Å²) in [5.74, 6) is -0.488. The van der Waals surface area contributed by atoms with Gasteiger partial charge in [-0.2, -0.15) is 10.7 Å². The fourth-order valence-corrected chi connectivity index (χ4v) is 2.40. The van der Waals surface area contributed by atoms with Crippen molar-refractivity contribution in [1.29, 1.82) is 5.26 Å². The molecule has 0 bridgehead atoms. The minimum atomic E-state index is -0.514. The lowest BCUT2D eigenvalue weighted by Gasteiger charge is -2.05. The molecule has 0 radical (unpaired) electrons. The molecule has 0 aliphatic heterocycles. The average molecular weight is 475 g/mol.